The van der Waals surface area contributed by atoms with E-state index in [0.717, 1.165) is 24.5 Å². The van der Waals surface area contributed by atoms with Crippen LogP contribution in [0.25, 0.3) is 0 Å². The van der Waals surface area contributed by atoms with Gasteiger partial charge in [-0.3, -0.25) is 0 Å². The van der Waals surface area contributed by atoms with Crippen LogP contribution >= 0.6 is 0 Å². The van der Waals surface area contributed by atoms with Crippen LogP contribution in [-0.4, -0.2) is 26.2 Å². The molecule has 1 aliphatic heterocycles. The highest BCUT2D eigenvalue weighted by atomic mass is 16.5. The summed E-state index contributed by atoms with van der Waals surface area (Å²) < 4.78 is 4.85. The molecule has 1 saturated carbocycles. The number of carbonyl (C=O) groups excluding carboxylic acids is 1. The van der Waals surface area contributed by atoms with Crippen molar-refractivity contribution in [2.45, 2.75) is 25.7 Å². The van der Waals surface area contributed by atoms with E-state index in [2.05, 4.69) is 10.6 Å². The fraction of sp³-hybridized carbons (Fsp3) is 0.533. The second kappa shape index (κ2) is 4.76. The van der Waals surface area contributed by atoms with Crippen molar-refractivity contribution in [3.63, 3.8) is 0 Å². The van der Waals surface area contributed by atoms with Crippen LogP contribution in [0, 0.1) is 5.41 Å². The quantitative estimate of drug-likeness (QED) is 0.762. The number of benzene rings is 1. The van der Waals surface area contributed by atoms with Crippen LogP contribution in [0.4, 0.5) is 11.4 Å². The molecular formula is C15H20N2O2. The molecule has 0 bridgehead atoms. The summed E-state index contributed by atoms with van der Waals surface area (Å²) in [5, 5.41) is 6.99. The van der Waals surface area contributed by atoms with Gasteiger partial charge in [-0.15, -0.1) is 0 Å². The third kappa shape index (κ3) is 2.15. The van der Waals surface area contributed by atoms with E-state index in [-0.39, 0.29) is 5.97 Å². The largest absolute Gasteiger partial charge is 0.465 e. The maximum atomic E-state index is 11.8. The lowest BCUT2D eigenvalue weighted by Crippen LogP contribution is -2.31. The van der Waals surface area contributed by atoms with Gasteiger partial charge in [0, 0.05) is 18.5 Å². The minimum atomic E-state index is -0.284. The molecule has 102 valence electrons. The fourth-order valence-electron chi connectivity index (χ4n) is 3.27. The van der Waals surface area contributed by atoms with Gasteiger partial charge in [0.25, 0.3) is 0 Å². The molecule has 0 amide bonds. The van der Waals surface area contributed by atoms with Crippen LogP contribution in [0.1, 0.15) is 36.0 Å². The first-order chi connectivity index (χ1) is 9.24. The van der Waals surface area contributed by atoms with E-state index in [1.54, 1.807) is 0 Å². The Morgan fingerprint density at radius 2 is 1.95 bits per heavy atom. The Morgan fingerprint density at radius 3 is 2.68 bits per heavy atom. The van der Waals surface area contributed by atoms with Crippen molar-refractivity contribution in [1.29, 1.82) is 0 Å². The summed E-state index contributed by atoms with van der Waals surface area (Å²) in [6, 6.07) is 5.72. The fourth-order valence-corrected chi connectivity index (χ4v) is 3.27. The Labute approximate surface area is 113 Å². The predicted octanol–water partition coefficient (Wildman–Crippen LogP) is 2.87. The van der Waals surface area contributed by atoms with Gasteiger partial charge in [0.2, 0.25) is 0 Å². The van der Waals surface area contributed by atoms with Crippen LogP contribution in [0.2, 0.25) is 0 Å². The van der Waals surface area contributed by atoms with Gasteiger partial charge in [0.1, 0.15) is 0 Å². The number of hydrogen-bond acceptors (Lipinski definition) is 4. The van der Waals surface area contributed by atoms with E-state index in [4.69, 9.17) is 4.74 Å². The van der Waals surface area contributed by atoms with E-state index in [9.17, 15) is 4.79 Å². The van der Waals surface area contributed by atoms with Crippen molar-refractivity contribution in [1.82, 2.24) is 0 Å². The number of fused-ring (bicyclic) bond motifs is 1. The lowest BCUT2D eigenvalue weighted by molar-refractivity contribution is 0.0602. The highest BCUT2D eigenvalue weighted by Crippen LogP contribution is 2.41. The number of para-hydroxylation sites is 1. The first kappa shape index (κ1) is 12.3. The monoisotopic (exact) mass is 260 g/mol. The number of carbonyl (C=O) groups is 1. The first-order valence-corrected chi connectivity index (χ1v) is 6.93. The molecule has 1 spiro atoms. The molecule has 0 radical (unpaired) electrons. The minimum absolute atomic E-state index is 0.284. The van der Waals surface area contributed by atoms with Crippen molar-refractivity contribution in [2.24, 2.45) is 5.41 Å². The number of methoxy groups -OCH3 is 1. The second-order valence-corrected chi connectivity index (χ2v) is 5.63. The van der Waals surface area contributed by atoms with Crippen molar-refractivity contribution in [3.05, 3.63) is 23.8 Å². The molecule has 0 unspecified atom stereocenters. The van der Waals surface area contributed by atoms with Gasteiger partial charge in [-0.25, -0.2) is 4.79 Å². The first-order valence-electron chi connectivity index (χ1n) is 6.93. The summed E-state index contributed by atoms with van der Waals surface area (Å²) >= 11 is 0. The predicted molar refractivity (Wildman–Crippen MR) is 75.7 cm³/mol. The molecule has 2 aliphatic rings. The van der Waals surface area contributed by atoms with Crippen LogP contribution in [0.3, 0.4) is 0 Å². The minimum Gasteiger partial charge on any atom is -0.465 e. The molecule has 4 nitrogen and oxygen atoms in total. The molecule has 1 aromatic carbocycles. The molecule has 1 aromatic rings. The molecule has 0 aromatic heterocycles. The molecule has 1 heterocycles. The van der Waals surface area contributed by atoms with Crippen molar-refractivity contribution >= 4 is 17.3 Å². The zero-order valence-corrected chi connectivity index (χ0v) is 11.3. The Bertz CT molecular complexity index is 493. The molecule has 0 atom stereocenters. The lowest BCUT2D eigenvalue weighted by atomic mass is 9.86. The van der Waals surface area contributed by atoms with Crippen molar-refractivity contribution < 1.29 is 9.53 Å². The molecular weight excluding hydrogens is 240 g/mol. The van der Waals surface area contributed by atoms with Crippen LogP contribution in [-0.2, 0) is 4.74 Å². The van der Waals surface area contributed by atoms with Crippen molar-refractivity contribution in [3.8, 4) is 0 Å². The Morgan fingerprint density at radius 1 is 1.21 bits per heavy atom. The maximum Gasteiger partial charge on any atom is 0.340 e. The standard InChI is InChI=1S/C15H20N2O2/c1-19-14(18)11-5-4-6-12-13(11)17-10-15(9-16-12)7-2-3-8-15/h4-6,16-17H,2-3,7-10H2,1H3. The number of nitrogens with one attached hydrogen (secondary N) is 2. The topological polar surface area (TPSA) is 50.4 Å². The van der Waals surface area contributed by atoms with E-state index in [0.29, 0.717) is 11.0 Å². The SMILES string of the molecule is COC(=O)c1cccc2c1NCC1(CCCC1)CN2. The highest BCUT2D eigenvalue weighted by Gasteiger charge is 2.36. The number of anilines is 2. The molecule has 4 heteroatoms. The summed E-state index contributed by atoms with van der Waals surface area (Å²) in [4.78, 5) is 11.8. The van der Waals surface area contributed by atoms with Gasteiger partial charge in [0.15, 0.2) is 0 Å². The summed E-state index contributed by atoms with van der Waals surface area (Å²) in [7, 11) is 1.42. The lowest BCUT2D eigenvalue weighted by Gasteiger charge is -2.27. The van der Waals surface area contributed by atoms with Gasteiger partial charge in [0.05, 0.1) is 24.0 Å². The zero-order valence-electron chi connectivity index (χ0n) is 11.3. The normalized spacial score (nSPS) is 20.1. The Kier molecular flexibility index (Phi) is 3.09. The zero-order chi connectivity index (χ0) is 13.3. The molecule has 0 saturated heterocycles. The maximum absolute atomic E-state index is 11.8. The summed E-state index contributed by atoms with van der Waals surface area (Å²) in [6.45, 7) is 1.92. The number of hydrogen-bond donors (Lipinski definition) is 2. The summed E-state index contributed by atoms with van der Waals surface area (Å²) in [6.07, 6.45) is 5.14. The molecule has 1 fully saturated rings. The number of esters is 1. The Balaban J connectivity index is 1.92. The van der Waals surface area contributed by atoms with Gasteiger partial charge >= 0.3 is 5.97 Å². The number of ether oxygens (including phenoxy) is 1. The van der Waals surface area contributed by atoms with Crippen LogP contribution in [0.5, 0.6) is 0 Å². The van der Waals surface area contributed by atoms with E-state index < -0.39 is 0 Å². The number of rotatable bonds is 1. The Hall–Kier alpha value is -1.71. The van der Waals surface area contributed by atoms with E-state index in [1.165, 1.54) is 32.8 Å². The van der Waals surface area contributed by atoms with Crippen molar-refractivity contribution in [2.75, 3.05) is 30.8 Å². The average molecular weight is 260 g/mol. The van der Waals surface area contributed by atoms with Crippen LogP contribution in [0.15, 0.2) is 18.2 Å². The third-order valence-corrected chi connectivity index (χ3v) is 4.43. The van der Waals surface area contributed by atoms with Crippen LogP contribution < -0.4 is 10.6 Å². The van der Waals surface area contributed by atoms with Gasteiger partial charge in [-0.05, 0) is 25.0 Å². The molecule has 19 heavy (non-hydrogen) atoms. The average Bonchev–Trinajstić information content (AvgIpc) is 2.82. The third-order valence-electron chi connectivity index (χ3n) is 4.43. The van der Waals surface area contributed by atoms with E-state index >= 15 is 0 Å². The summed E-state index contributed by atoms with van der Waals surface area (Å²) in [5.41, 5.74) is 2.85. The van der Waals surface area contributed by atoms with Gasteiger partial charge < -0.3 is 15.4 Å². The van der Waals surface area contributed by atoms with Gasteiger partial charge in [-0.2, -0.15) is 0 Å². The van der Waals surface area contributed by atoms with Gasteiger partial charge in [-0.1, -0.05) is 18.9 Å². The second-order valence-electron chi connectivity index (χ2n) is 5.63. The molecule has 2 N–H and O–H groups in total. The smallest absolute Gasteiger partial charge is 0.340 e. The van der Waals surface area contributed by atoms with E-state index in [1.807, 2.05) is 18.2 Å². The highest BCUT2D eigenvalue weighted by molar-refractivity contribution is 5.99. The molecule has 1 aliphatic carbocycles. The summed E-state index contributed by atoms with van der Waals surface area (Å²) in [5.74, 6) is -0.284. The molecule has 3 rings (SSSR count).